The number of rotatable bonds is 6. The van der Waals surface area contributed by atoms with Crippen LogP contribution in [0.1, 0.15) is 26.7 Å². The highest BCUT2D eigenvalue weighted by Crippen LogP contribution is 2.32. The van der Waals surface area contributed by atoms with Crippen LogP contribution in [-0.2, 0) is 14.3 Å². The zero-order valence-electron chi connectivity index (χ0n) is 17.4. The van der Waals surface area contributed by atoms with Crippen LogP contribution < -0.4 is 26.0 Å². The van der Waals surface area contributed by atoms with Gasteiger partial charge in [-0.1, -0.05) is 0 Å². The van der Waals surface area contributed by atoms with E-state index >= 15 is 0 Å². The monoisotopic (exact) mass is 432 g/mol. The zero-order chi connectivity index (χ0) is 22.6. The van der Waals surface area contributed by atoms with E-state index < -0.39 is 23.7 Å². The summed E-state index contributed by atoms with van der Waals surface area (Å²) in [4.78, 5) is 41.1. The fourth-order valence-electron chi connectivity index (χ4n) is 3.60. The largest absolute Gasteiger partial charge is 0.442 e. The fourth-order valence-corrected chi connectivity index (χ4v) is 3.60. The quantitative estimate of drug-likeness (QED) is 0.460. The molecule has 11 heteroatoms. The predicted octanol–water partition coefficient (Wildman–Crippen LogP) is 1.14. The Morgan fingerprint density at radius 1 is 1.29 bits per heavy atom. The molecule has 2 aliphatic heterocycles. The highest BCUT2D eigenvalue weighted by atomic mass is 19.1. The lowest BCUT2D eigenvalue weighted by molar-refractivity contribution is -0.120. The van der Waals surface area contributed by atoms with Crippen molar-refractivity contribution in [2.45, 2.75) is 38.5 Å². The summed E-state index contributed by atoms with van der Waals surface area (Å²) in [5, 5.41) is 2.60. The van der Waals surface area contributed by atoms with Crippen LogP contribution in [-0.4, -0.2) is 55.9 Å². The molecule has 3 N–H and O–H groups in total. The number of nitrogens with one attached hydrogen (secondary N) is 3. The maximum atomic E-state index is 14.9. The molecule has 3 rings (SSSR count). The van der Waals surface area contributed by atoms with Crippen LogP contribution >= 0.6 is 0 Å². The van der Waals surface area contributed by atoms with E-state index in [0.29, 0.717) is 37.3 Å². The number of nitrogens with zero attached hydrogens (tertiary/aromatic N) is 3. The molecule has 166 valence electrons. The second-order valence-electron chi connectivity index (χ2n) is 7.63. The van der Waals surface area contributed by atoms with Gasteiger partial charge in [0.2, 0.25) is 11.8 Å². The highest BCUT2D eigenvalue weighted by Gasteiger charge is 2.41. The van der Waals surface area contributed by atoms with E-state index in [2.05, 4.69) is 21.0 Å². The average molecular weight is 432 g/mol. The highest BCUT2D eigenvalue weighted by molar-refractivity contribution is 5.90. The summed E-state index contributed by atoms with van der Waals surface area (Å²) in [5.74, 6) is -0.992. The number of carbonyl (C=O) groups is 3. The maximum absolute atomic E-state index is 14.9. The lowest BCUT2D eigenvalue weighted by Gasteiger charge is -2.35. The number of hydrogen-bond donors (Lipinski definition) is 3. The minimum atomic E-state index is -0.916. The van der Waals surface area contributed by atoms with Gasteiger partial charge in [-0.05, 0) is 18.2 Å². The summed E-state index contributed by atoms with van der Waals surface area (Å²) >= 11 is 0. The van der Waals surface area contributed by atoms with Gasteiger partial charge in [-0.3, -0.25) is 24.8 Å². The number of benzene rings is 1. The summed E-state index contributed by atoms with van der Waals surface area (Å²) in [6.45, 7) is 11.5. The molecule has 0 aromatic heterocycles. The van der Waals surface area contributed by atoms with Gasteiger partial charge < -0.3 is 15.0 Å². The molecule has 1 atom stereocenters. The van der Waals surface area contributed by atoms with Gasteiger partial charge in [0.25, 0.3) is 0 Å². The van der Waals surface area contributed by atoms with E-state index in [9.17, 15) is 18.8 Å². The number of amides is 3. The Labute approximate surface area is 179 Å². The Morgan fingerprint density at radius 3 is 2.58 bits per heavy atom. The molecule has 0 spiro atoms. The molecular formula is C20H25FN6O4. The summed E-state index contributed by atoms with van der Waals surface area (Å²) in [7, 11) is 0. The third-order valence-electron chi connectivity index (χ3n) is 5.31. The van der Waals surface area contributed by atoms with Gasteiger partial charge >= 0.3 is 11.8 Å². The molecule has 1 aromatic rings. The van der Waals surface area contributed by atoms with Crippen molar-refractivity contribution in [1.29, 1.82) is 0 Å². The van der Waals surface area contributed by atoms with Crippen LogP contribution in [0.5, 0.6) is 0 Å². The van der Waals surface area contributed by atoms with Crippen molar-refractivity contribution in [2.24, 2.45) is 0 Å². The number of hydrogen-bond acceptors (Lipinski definition) is 6. The Kier molecular flexibility index (Phi) is 6.60. The number of halogens is 1. The van der Waals surface area contributed by atoms with Crippen molar-refractivity contribution in [1.82, 2.24) is 16.2 Å². The van der Waals surface area contributed by atoms with Gasteiger partial charge in [0, 0.05) is 26.9 Å². The molecule has 1 aromatic carbocycles. The van der Waals surface area contributed by atoms with E-state index in [1.54, 1.807) is 12.1 Å². The Balaban J connectivity index is 1.64. The van der Waals surface area contributed by atoms with E-state index in [-0.39, 0.29) is 24.9 Å². The number of piperidine rings is 1. The first-order chi connectivity index (χ1) is 14.7. The molecular weight excluding hydrogens is 407 g/mol. The van der Waals surface area contributed by atoms with Crippen LogP contribution in [0.25, 0.3) is 4.85 Å². The van der Waals surface area contributed by atoms with Crippen molar-refractivity contribution >= 4 is 29.3 Å². The van der Waals surface area contributed by atoms with Crippen LogP contribution in [0.4, 0.5) is 20.6 Å². The molecule has 0 aliphatic carbocycles. The van der Waals surface area contributed by atoms with Crippen molar-refractivity contribution in [2.75, 3.05) is 36.0 Å². The van der Waals surface area contributed by atoms with Gasteiger partial charge in [0.05, 0.1) is 37.3 Å². The fraction of sp³-hybridized carbons (Fsp3) is 0.500. The molecule has 2 saturated heterocycles. The summed E-state index contributed by atoms with van der Waals surface area (Å²) in [6.07, 6.45) is -0.284. The van der Waals surface area contributed by atoms with E-state index in [1.807, 2.05) is 4.90 Å². The van der Waals surface area contributed by atoms with Gasteiger partial charge in [-0.25, -0.2) is 15.8 Å². The number of ether oxygens (including phenoxy) is 1. The van der Waals surface area contributed by atoms with Crippen LogP contribution in [0, 0.1) is 12.4 Å². The Hall–Kier alpha value is -3.39. The van der Waals surface area contributed by atoms with E-state index in [4.69, 9.17) is 11.3 Å². The van der Waals surface area contributed by atoms with Crippen molar-refractivity contribution in [3.8, 4) is 0 Å². The lowest BCUT2D eigenvalue weighted by Crippen LogP contribution is -2.57. The summed E-state index contributed by atoms with van der Waals surface area (Å²) in [6, 6.07) is 4.53. The maximum Gasteiger partial charge on any atom is 0.414 e. The third kappa shape index (κ3) is 5.21. The normalized spacial score (nSPS) is 20.1. The first-order valence-electron chi connectivity index (χ1n) is 9.92. The first-order valence-corrected chi connectivity index (χ1v) is 9.92. The van der Waals surface area contributed by atoms with E-state index in [0.717, 1.165) is 0 Å². The van der Waals surface area contributed by atoms with Crippen molar-refractivity contribution in [3.05, 3.63) is 35.4 Å². The number of anilines is 2. The van der Waals surface area contributed by atoms with Crippen LogP contribution in [0.15, 0.2) is 18.2 Å². The molecule has 2 fully saturated rings. The average Bonchev–Trinajstić information content (AvgIpc) is 3.12. The molecule has 0 radical (unpaired) electrons. The molecule has 31 heavy (non-hydrogen) atoms. The van der Waals surface area contributed by atoms with Gasteiger partial charge in [0.15, 0.2) is 0 Å². The van der Waals surface area contributed by atoms with Gasteiger partial charge in [-0.2, -0.15) is 5.43 Å². The standard InChI is InChI=1S/C20H25FN6O4/c1-13(28)23-11-16-12-27(19(30)31-16)15-4-5-18(17(21)10-15)26-8-6-20(22-3,7-9-26)25-24-14(2)29/h4-5,10,16,25H,6-9,11-12H2,1-2H3,(H,23,28)(H,24,29)/t16-/m0/s1. The zero-order valence-corrected chi connectivity index (χ0v) is 17.4. The van der Waals surface area contributed by atoms with Gasteiger partial charge in [-0.15, -0.1) is 0 Å². The molecule has 2 heterocycles. The van der Waals surface area contributed by atoms with Crippen LogP contribution in [0.2, 0.25) is 0 Å². The second kappa shape index (κ2) is 9.18. The number of hydrazine groups is 1. The Morgan fingerprint density at radius 2 is 2.00 bits per heavy atom. The number of cyclic esters (lactones) is 1. The first kappa shape index (κ1) is 22.3. The minimum absolute atomic E-state index is 0.196. The molecule has 0 saturated carbocycles. The summed E-state index contributed by atoms with van der Waals surface area (Å²) < 4.78 is 20.1. The third-order valence-corrected chi connectivity index (χ3v) is 5.31. The predicted molar refractivity (Wildman–Crippen MR) is 110 cm³/mol. The van der Waals surface area contributed by atoms with Crippen molar-refractivity contribution in [3.63, 3.8) is 0 Å². The van der Waals surface area contributed by atoms with Crippen LogP contribution in [0.3, 0.4) is 0 Å². The molecule has 10 nitrogen and oxygen atoms in total. The minimum Gasteiger partial charge on any atom is -0.442 e. The SMILES string of the molecule is [C-]#[N+]C1(NNC(C)=O)CCN(c2ccc(N3C[C@H](CNC(C)=O)OC3=O)cc2F)CC1. The van der Waals surface area contributed by atoms with E-state index in [1.165, 1.54) is 24.8 Å². The smallest absolute Gasteiger partial charge is 0.414 e. The van der Waals surface area contributed by atoms with Gasteiger partial charge in [0.1, 0.15) is 11.9 Å². The summed E-state index contributed by atoms with van der Waals surface area (Å²) in [5.41, 5.74) is 5.09. The van der Waals surface area contributed by atoms with Crippen molar-refractivity contribution < 1.29 is 23.5 Å². The lowest BCUT2D eigenvalue weighted by atomic mass is 9.97. The Bertz CT molecular complexity index is 909. The topological polar surface area (TPSA) is 107 Å². The molecule has 3 amide bonds. The second-order valence-corrected chi connectivity index (χ2v) is 7.63. The number of carbonyl (C=O) groups excluding carboxylic acids is 3. The molecule has 0 bridgehead atoms. The molecule has 2 aliphatic rings. The molecule has 0 unspecified atom stereocenters.